The number of halogens is 1. The van der Waals surface area contributed by atoms with Crippen LogP contribution in [-0.2, 0) is 9.59 Å². The van der Waals surface area contributed by atoms with Gasteiger partial charge in [-0.15, -0.1) is 10.2 Å². The third-order valence-electron chi connectivity index (χ3n) is 4.54. The highest BCUT2D eigenvalue weighted by Gasteiger charge is 2.41. The van der Waals surface area contributed by atoms with Crippen LogP contribution in [0.15, 0.2) is 52.7 Å². The molecule has 0 saturated carbocycles. The number of phenols is 1. The molecular weight excluding hydrogens is 412 g/mol. The molecule has 1 unspecified atom stereocenters. The number of thioether (sulfide) groups is 1. The van der Waals surface area contributed by atoms with Gasteiger partial charge in [-0.2, -0.15) is 0 Å². The van der Waals surface area contributed by atoms with E-state index in [4.69, 9.17) is 11.6 Å². The predicted molar refractivity (Wildman–Crippen MR) is 116 cm³/mol. The monoisotopic (exact) mass is 428 g/mol. The molecule has 0 aliphatic carbocycles. The molecule has 148 valence electrons. The van der Waals surface area contributed by atoms with Crippen molar-refractivity contribution < 1.29 is 14.7 Å². The molecule has 2 aliphatic heterocycles. The maximum atomic E-state index is 13.0. The summed E-state index contributed by atoms with van der Waals surface area (Å²) >= 11 is 7.35. The molecule has 0 spiro atoms. The van der Waals surface area contributed by atoms with Crippen molar-refractivity contribution in [3.8, 4) is 5.75 Å². The smallest absolute Gasteiger partial charge is 0.276 e. The van der Waals surface area contributed by atoms with Crippen molar-refractivity contribution in [2.24, 2.45) is 16.1 Å². The van der Waals surface area contributed by atoms with Gasteiger partial charge in [-0.3, -0.25) is 14.5 Å². The van der Waals surface area contributed by atoms with Crippen molar-refractivity contribution in [3.05, 3.63) is 53.1 Å². The summed E-state index contributed by atoms with van der Waals surface area (Å²) in [6.45, 7) is 3.92. The minimum absolute atomic E-state index is 0.0850. The molecule has 4 rings (SSSR count). The Morgan fingerprint density at radius 2 is 1.86 bits per heavy atom. The number of carbonyl (C=O) groups excluding carboxylic acids is 2. The highest BCUT2D eigenvalue weighted by atomic mass is 35.5. The topological polar surface area (TPSA) is 94.4 Å². The second-order valence-corrected chi connectivity index (χ2v) is 8.49. The van der Waals surface area contributed by atoms with Gasteiger partial charge in [-0.05, 0) is 48.4 Å². The van der Waals surface area contributed by atoms with Crippen molar-refractivity contribution >= 4 is 57.4 Å². The van der Waals surface area contributed by atoms with E-state index in [1.54, 1.807) is 30.3 Å². The lowest BCUT2D eigenvalue weighted by Gasteiger charge is -2.16. The number of fused-ring (bicyclic) bond motifs is 1. The Morgan fingerprint density at radius 1 is 1.14 bits per heavy atom. The number of benzene rings is 2. The molecule has 1 saturated heterocycles. The number of amides is 2. The van der Waals surface area contributed by atoms with E-state index in [0.29, 0.717) is 27.1 Å². The Morgan fingerprint density at radius 3 is 2.55 bits per heavy atom. The summed E-state index contributed by atoms with van der Waals surface area (Å²) in [5, 5.41) is 21.2. The molecule has 0 bridgehead atoms. The average Bonchev–Trinajstić information content (AvgIpc) is 3.17. The normalized spacial score (nSPS) is 21.4. The Balaban J connectivity index is 1.75. The molecule has 0 aromatic heterocycles. The maximum absolute atomic E-state index is 13.0. The molecule has 2 amide bonds. The SMILES string of the molecule is CC(C)C1S/C(=N\N=C2/C(=O)Nc3ccc(Cl)cc32)N(c2ccc(O)cc2)C1=O. The standard InChI is InChI=1S/C20H17ClN4O3S/c1-10(2)17-19(28)25(12-4-6-13(26)7-5-12)20(29-17)24-23-16-14-9-11(21)3-8-15(14)22-18(16)27/h3-10,17,26H,1-2H3,(H,22,23,27)/b24-20-. The van der Waals surface area contributed by atoms with Gasteiger partial charge in [0.15, 0.2) is 10.9 Å². The van der Waals surface area contributed by atoms with Crippen molar-refractivity contribution in [1.82, 2.24) is 0 Å². The van der Waals surface area contributed by atoms with Gasteiger partial charge in [-0.25, -0.2) is 0 Å². The Hall–Kier alpha value is -2.84. The predicted octanol–water partition coefficient (Wildman–Crippen LogP) is 3.86. The van der Waals surface area contributed by atoms with Crippen LogP contribution >= 0.6 is 23.4 Å². The molecule has 2 aromatic rings. The van der Waals surface area contributed by atoms with Crippen LogP contribution in [0.2, 0.25) is 5.02 Å². The summed E-state index contributed by atoms with van der Waals surface area (Å²) in [6, 6.07) is 11.3. The first-order valence-electron chi connectivity index (χ1n) is 8.91. The Kier molecular flexibility index (Phi) is 5.06. The summed E-state index contributed by atoms with van der Waals surface area (Å²) in [6.07, 6.45) is 0. The van der Waals surface area contributed by atoms with Crippen molar-refractivity contribution in [1.29, 1.82) is 0 Å². The number of hydrogen-bond acceptors (Lipinski definition) is 6. The van der Waals surface area contributed by atoms with Gasteiger partial charge in [0.05, 0.1) is 16.6 Å². The fourth-order valence-electron chi connectivity index (χ4n) is 3.08. The molecule has 1 fully saturated rings. The van der Waals surface area contributed by atoms with E-state index in [-0.39, 0.29) is 34.4 Å². The summed E-state index contributed by atoms with van der Waals surface area (Å²) in [4.78, 5) is 26.7. The lowest BCUT2D eigenvalue weighted by Crippen LogP contribution is -2.33. The highest BCUT2D eigenvalue weighted by molar-refractivity contribution is 8.16. The number of rotatable bonds is 3. The van der Waals surface area contributed by atoms with E-state index in [2.05, 4.69) is 15.5 Å². The fraction of sp³-hybridized carbons (Fsp3) is 0.200. The van der Waals surface area contributed by atoms with Crippen LogP contribution in [0.3, 0.4) is 0 Å². The number of phenolic OH excluding ortho intramolecular Hbond substituents is 1. The number of anilines is 2. The first-order chi connectivity index (χ1) is 13.8. The van der Waals surface area contributed by atoms with E-state index in [9.17, 15) is 14.7 Å². The molecule has 7 nitrogen and oxygen atoms in total. The lowest BCUT2D eigenvalue weighted by atomic mass is 10.1. The summed E-state index contributed by atoms with van der Waals surface area (Å²) in [5.74, 6) is -0.309. The van der Waals surface area contributed by atoms with Gasteiger partial charge in [-0.1, -0.05) is 37.2 Å². The van der Waals surface area contributed by atoms with Crippen LogP contribution < -0.4 is 10.2 Å². The number of hydrogen-bond donors (Lipinski definition) is 2. The summed E-state index contributed by atoms with van der Waals surface area (Å²) in [7, 11) is 0. The molecule has 9 heteroatoms. The van der Waals surface area contributed by atoms with Gasteiger partial charge < -0.3 is 10.4 Å². The van der Waals surface area contributed by atoms with E-state index >= 15 is 0 Å². The zero-order valence-corrected chi connectivity index (χ0v) is 17.2. The molecule has 2 N–H and O–H groups in total. The second-order valence-electron chi connectivity index (χ2n) is 6.95. The molecule has 1 atom stereocenters. The number of nitrogens with one attached hydrogen (secondary N) is 1. The molecule has 29 heavy (non-hydrogen) atoms. The van der Waals surface area contributed by atoms with E-state index in [1.807, 2.05) is 13.8 Å². The third kappa shape index (κ3) is 3.61. The number of amidine groups is 1. The van der Waals surface area contributed by atoms with Crippen LogP contribution in [0.25, 0.3) is 0 Å². The van der Waals surface area contributed by atoms with Crippen molar-refractivity contribution in [3.63, 3.8) is 0 Å². The Bertz CT molecular complexity index is 1070. The first-order valence-corrected chi connectivity index (χ1v) is 10.2. The van der Waals surface area contributed by atoms with Crippen molar-refractivity contribution in [2.75, 3.05) is 10.2 Å². The number of nitrogens with zero attached hydrogens (tertiary/aromatic N) is 3. The number of carbonyl (C=O) groups is 2. The van der Waals surface area contributed by atoms with Gasteiger partial charge in [0.25, 0.3) is 5.91 Å². The molecule has 2 aromatic carbocycles. The van der Waals surface area contributed by atoms with Crippen LogP contribution in [0.4, 0.5) is 11.4 Å². The second kappa shape index (κ2) is 7.53. The third-order valence-corrected chi connectivity index (χ3v) is 6.25. The quantitative estimate of drug-likeness (QED) is 0.725. The Labute approximate surface area is 176 Å². The van der Waals surface area contributed by atoms with E-state index in [0.717, 1.165) is 0 Å². The summed E-state index contributed by atoms with van der Waals surface area (Å²) < 4.78 is 0. The van der Waals surface area contributed by atoms with E-state index < -0.39 is 0 Å². The number of aromatic hydroxyl groups is 1. The largest absolute Gasteiger partial charge is 0.508 e. The van der Waals surface area contributed by atoms with Crippen LogP contribution in [0, 0.1) is 5.92 Å². The van der Waals surface area contributed by atoms with Gasteiger partial charge in [0.2, 0.25) is 5.91 Å². The summed E-state index contributed by atoms with van der Waals surface area (Å²) in [5.41, 5.74) is 1.89. The molecule has 2 heterocycles. The maximum Gasteiger partial charge on any atom is 0.276 e. The van der Waals surface area contributed by atoms with Crippen molar-refractivity contribution in [2.45, 2.75) is 19.1 Å². The first kappa shape index (κ1) is 19.5. The van der Waals surface area contributed by atoms with Gasteiger partial charge in [0, 0.05) is 10.6 Å². The molecular formula is C20H17ClN4O3S. The average molecular weight is 429 g/mol. The molecule has 2 aliphatic rings. The fourth-order valence-corrected chi connectivity index (χ4v) is 4.35. The van der Waals surface area contributed by atoms with Crippen LogP contribution in [0.1, 0.15) is 19.4 Å². The minimum Gasteiger partial charge on any atom is -0.508 e. The van der Waals surface area contributed by atoms with Crippen LogP contribution in [0.5, 0.6) is 5.75 Å². The minimum atomic E-state index is -0.377. The van der Waals surface area contributed by atoms with E-state index in [1.165, 1.54) is 28.8 Å². The van der Waals surface area contributed by atoms with Gasteiger partial charge in [0.1, 0.15) is 5.75 Å². The highest BCUT2D eigenvalue weighted by Crippen LogP contribution is 2.36. The van der Waals surface area contributed by atoms with Gasteiger partial charge >= 0.3 is 0 Å². The lowest BCUT2D eigenvalue weighted by molar-refractivity contribution is -0.117. The zero-order valence-electron chi connectivity index (χ0n) is 15.6. The van der Waals surface area contributed by atoms with Crippen LogP contribution in [-0.4, -0.2) is 33.1 Å². The zero-order chi connectivity index (χ0) is 20.7. The molecule has 0 radical (unpaired) electrons.